The lowest BCUT2D eigenvalue weighted by Gasteiger charge is -2.43. The van der Waals surface area contributed by atoms with E-state index in [9.17, 15) is 9.59 Å². The number of nitrogens with one attached hydrogen (secondary N) is 1. The van der Waals surface area contributed by atoms with Crippen LogP contribution in [0.25, 0.3) is 0 Å². The van der Waals surface area contributed by atoms with Crippen LogP contribution in [-0.2, 0) is 14.3 Å². The Morgan fingerprint density at radius 3 is 2.23 bits per heavy atom. The van der Waals surface area contributed by atoms with E-state index in [1.807, 2.05) is 9.80 Å². The summed E-state index contributed by atoms with van der Waals surface area (Å²) in [5.74, 6) is 1.09. The zero-order valence-electron chi connectivity index (χ0n) is 16.3. The molecule has 1 aliphatic carbocycles. The van der Waals surface area contributed by atoms with Crippen molar-refractivity contribution in [3.05, 3.63) is 0 Å². The SMILES string of the molecule is COCC1(C(=O)N2CCN(C(=O)CC3CCCCC3)CC2)CCNCC1. The Morgan fingerprint density at radius 2 is 1.62 bits per heavy atom. The molecule has 0 unspecified atom stereocenters. The summed E-state index contributed by atoms with van der Waals surface area (Å²) in [6.45, 7) is 4.91. The summed E-state index contributed by atoms with van der Waals surface area (Å²) in [5, 5.41) is 3.34. The van der Waals surface area contributed by atoms with Crippen molar-refractivity contribution in [2.24, 2.45) is 11.3 Å². The van der Waals surface area contributed by atoms with Crippen LogP contribution in [0.1, 0.15) is 51.4 Å². The predicted octanol–water partition coefficient (Wildman–Crippen LogP) is 1.64. The van der Waals surface area contributed by atoms with Crippen LogP contribution >= 0.6 is 0 Å². The molecule has 6 heteroatoms. The van der Waals surface area contributed by atoms with Gasteiger partial charge in [-0.05, 0) is 44.7 Å². The maximum Gasteiger partial charge on any atom is 0.231 e. The largest absolute Gasteiger partial charge is 0.384 e. The molecule has 2 amide bonds. The number of piperazine rings is 1. The molecule has 0 bridgehead atoms. The van der Waals surface area contributed by atoms with Crippen molar-refractivity contribution in [1.29, 1.82) is 0 Å². The number of hydrogen-bond donors (Lipinski definition) is 1. The van der Waals surface area contributed by atoms with Crippen LogP contribution in [0, 0.1) is 11.3 Å². The molecule has 0 aromatic heterocycles. The van der Waals surface area contributed by atoms with Gasteiger partial charge in [-0.15, -0.1) is 0 Å². The van der Waals surface area contributed by atoms with Crippen molar-refractivity contribution in [3.63, 3.8) is 0 Å². The molecule has 3 aliphatic rings. The summed E-state index contributed by atoms with van der Waals surface area (Å²) in [5.41, 5.74) is -0.381. The minimum atomic E-state index is -0.381. The van der Waals surface area contributed by atoms with Gasteiger partial charge in [-0.2, -0.15) is 0 Å². The molecule has 2 heterocycles. The van der Waals surface area contributed by atoms with Gasteiger partial charge in [-0.25, -0.2) is 0 Å². The van der Waals surface area contributed by atoms with Gasteiger partial charge in [0.05, 0.1) is 12.0 Å². The Kier molecular flexibility index (Phi) is 6.92. The molecule has 3 fully saturated rings. The summed E-state index contributed by atoms with van der Waals surface area (Å²) in [6.07, 6.45) is 8.65. The molecule has 0 aromatic carbocycles. The number of carbonyl (C=O) groups is 2. The highest BCUT2D eigenvalue weighted by molar-refractivity contribution is 5.83. The van der Waals surface area contributed by atoms with Gasteiger partial charge in [0.15, 0.2) is 0 Å². The van der Waals surface area contributed by atoms with E-state index in [2.05, 4.69) is 5.32 Å². The lowest BCUT2D eigenvalue weighted by Crippen LogP contribution is -2.57. The van der Waals surface area contributed by atoms with Crippen LogP contribution in [0.15, 0.2) is 0 Å². The van der Waals surface area contributed by atoms with Crippen molar-refractivity contribution in [3.8, 4) is 0 Å². The Hall–Kier alpha value is -1.14. The molecule has 0 atom stereocenters. The molecule has 6 nitrogen and oxygen atoms in total. The fourth-order valence-corrected chi connectivity index (χ4v) is 4.86. The van der Waals surface area contributed by atoms with Crippen LogP contribution in [0.4, 0.5) is 0 Å². The van der Waals surface area contributed by atoms with E-state index in [1.165, 1.54) is 32.1 Å². The number of ether oxygens (including phenoxy) is 1. The molecular weight excluding hydrogens is 330 g/mol. The molecule has 2 saturated heterocycles. The fourth-order valence-electron chi connectivity index (χ4n) is 4.86. The van der Waals surface area contributed by atoms with Crippen molar-refractivity contribution < 1.29 is 14.3 Å². The smallest absolute Gasteiger partial charge is 0.231 e. The van der Waals surface area contributed by atoms with Gasteiger partial charge in [-0.3, -0.25) is 9.59 Å². The van der Waals surface area contributed by atoms with E-state index in [1.54, 1.807) is 7.11 Å². The molecule has 1 saturated carbocycles. The zero-order valence-corrected chi connectivity index (χ0v) is 16.3. The van der Waals surface area contributed by atoms with Gasteiger partial charge in [0.2, 0.25) is 11.8 Å². The van der Waals surface area contributed by atoms with Gasteiger partial charge in [-0.1, -0.05) is 19.3 Å². The summed E-state index contributed by atoms with van der Waals surface area (Å²) in [6, 6.07) is 0. The Morgan fingerprint density at radius 1 is 1.00 bits per heavy atom. The van der Waals surface area contributed by atoms with Crippen molar-refractivity contribution >= 4 is 11.8 Å². The lowest BCUT2D eigenvalue weighted by molar-refractivity contribution is -0.151. The number of piperidine rings is 1. The quantitative estimate of drug-likeness (QED) is 0.805. The molecule has 0 aromatic rings. The van der Waals surface area contributed by atoms with Gasteiger partial charge < -0.3 is 19.9 Å². The van der Waals surface area contributed by atoms with Gasteiger partial charge in [0.25, 0.3) is 0 Å². The first-order valence-corrected chi connectivity index (χ1v) is 10.4. The molecule has 26 heavy (non-hydrogen) atoms. The number of nitrogens with zero attached hydrogens (tertiary/aromatic N) is 2. The Balaban J connectivity index is 1.50. The predicted molar refractivity (Wildman–Crippen MR) is 101 cm³/mol. The number of amides is 2. The zero-order chi connectivity index (χ0) is 18.4. The standard InChI is InChI=1S/C20H35N3O3/c1-26-16-20(7-9-21-10-8-20)19(25)23-13-11-22(12-14-23)18(24)15-17-5-3-2-4-6-17/h17,21H,2-16H2,1H3. The van der Waals surface area contributed by atoms with Gasteiger partial charge in [0.1, 0.15) is 0 Å². The third-order valence-corrected chi connectivity index (χ3v) is 6.54. The van der Waals surface area contributed by atoms with Crippen molar-refractivity contribution in [1.82, 2.24) is 15.1 Å². The van der Waals surface area contributed by atoms with Crippen LogP contribution in [-0.4, -0.2) is 74.6 Å². The molecule has 148 valence electrons. The van der Waals surface area contributed by atoms with Crippen molar-refractivity contribution in [2.75, 3.05) is 53.0 Å². The second-order valence-electron chi connectivity index (χ2n) is 8.34. The molecular formula is C20H35N3O3. The highest BCUT2D eigenvalue weighted by atomic mass is 16.5. The first-order valence-electron chi connectivity index (χ1n) is 10.4. The monoisotopic (exact) mass is 365 g/mol. The van der Waals surface area contributed by atoms with Gasteiger partial charge >= 0.3 is 0 Å². The van der Waals surface area contributed by atoms with E-state index in [0.717, 1.165) is 25.9 Å². The maximum atomic E-state index is 13.2. The Labute approximate surface area is 157 Å². The summed E-state index contributed by atoms with van der Waals surface area (Å²) in [7, 11) is 1.68. The Bertz CT molecular complexity index is 471. The first kappa shape index (κ1) is 19.6. The minimum Gasteiger partial charge on any atom is -0.384 e. The summed E-state index contributed by atoms with van der Waals surface area (Å²) >= 11 is 0. The first-order chi connectivity index (χ1) is 12.6. The molecule has 3 rings (SSSR count). The summed E-state index contributed by atoms with van der Waals surface area (Å²) < 4.78 is 5.40. The van der Waals surface area contributed by atoms with Crippen LogP contribution in [0.3, 0.4) is 0 Å². The summed E-state index contributed by atoms with van der Waals surface area (Å²) in [4.78, 5) is 29.7. The minimum absolute atomic E-state index is 0.222. The fraction of sp³-hybridized carbons (Fsp3) is 0.900. The van der Waals surface area contributed by atoms with Gasteiger partial charge in [0, 0.05) is 39.7 Å². The average molecular weight is 366 g/mol. The van der Waals surface area contributed by atoms with E-state index < -0.39 is 0 Å². The molecule has 2 aliphatic heterocycles. The van der Waals surface area contributed by atoms with Crippen molar-refractivity contribution in [2.45, 2.75) is 51.4 Å². The molecule has 0 spiro atoms. The number of carbonyl (C=O) groups excluding carboxylic acids is 2. The molecule has 0 radical (unpaired) electrons. The van der Waals surface area contributed by atoms with Crippen LogP contribution in [0.2, 0.25) is 0 Å². The van der Waals surface area contributed by atoms with Crippen LogP contribution < -0.4 is 5.32 Å². The van der Waals surface area contributed by atoms with E-state index in [-0.39, 0.29) is 17.2 Å². The number of methoxy groups -OCH3 is 1. The van der Waals surface area contributed by atoms with Crippen LogP contribution in [0.5, 0.6) is 0 Å². The normalized spacial score (nSPS) is 24.5. The molecule has 1 N–H and O–H groups in total. The van der Waals surface area contributed by atoms with E-state index in [0.29, 0.717) is 45.1 Å². The second kappa shape index (κ2) is 9.18. The third-order valence-electron chi connectivity index (χ3n) is 6.54. The highest BCUT2D eigenvalue weighted by Crippen LogP contribution is 2.32. The van der Waals surface area contributed by atoms with E-state index >= 15 is 0 Å². The lowest BCUT2D eigenvalue weighted by atomic mass is 9.78. The number of rotatable bonds is 5. The third kappa shape index (κ3) is 4.58. The van der Waals surface area contributed by atoms with E-state index in [4.69, 9.17) is 4.74 Å². The average Bonchev–Trinajstić information content (AvgIpc) is 2.69. The highest BCUT2D eigenvalue weighted by Gasteiger charge is 2.43. The second-order valence-corrected chi connectivity index (χ2v) is 8.34. The topological polar surface area (TPSA) is 61.9 Å². The maximum absolute atomic E-state index is 13.2. The number of hydrogen-bond acceptors (Lipinski definition) is 4.